The molecule has 0 bridgehead atoms. The summed E-state index contributed by atoms with van der Waals surface area (Å²) in [6.07, 6.45) is 3.63. The van der Waals surface area contributed by atoms with Crippen LogP contribution in [0.4, 0.5) is 21.9 Å². The van der Waals surface area contributed by atoms with E-state index in [1.807, 2.05) is 18.2 Å². The molecule has 0 spiro atoms. The van der Waals surface area contributed by atoms with E-state index in [0.29, 0.717) is 41.9 Å². The number of unbranched alkanes of at least 4 members (excludes halogenated alkanes) is 1. The van der Waals surface area contributed by atoms with E-state index in [1.165, 1.54) is 6.08 Å². The number of anilines is 3. The van der Waals surface area contributed by atoms with Crippen LogP contribution in [0.15, 0.2) is 84.9 Å². The molecular formula is C26H26IN3O4. The first-order chi connectivity index (χ1) is 16.4. The minimum atomic E-state index is -0.648. The number of ether oxygens (including phenoxy) is 1. The monoisotopic (exact) mass is 571 g/mol. The van der Waals surface area contributed by atoms with Crippen molar-refractivity contribution in [2.75, 3.05) is 16.4 Å². The summed E-state index contributed by atoms with van der Waals surface area (Å²) in [7, 11) is 0. The quantitative estimate of drug-likeness (QED) is 0.105. The van der Waals surface area contributed by atoms with Gasteiger partial charge in [-0.1, -0.05) is 36.4 Å². The summed E-state index contributed by atoms with van der Waals surface area (Å²) in [6.45, 7) is 0. The number of para-hydroxylation sites is 3. The molecule has 0 unspecified atom stereocenters. The van der Waals surface area contributed by atoms with E-state index in [4.69, 9.17) is 10.5 Å². The molecule has 3 aromatic rings. The minimum Gasteiger partial charge on any atom is -0.508 e. The van der Waals surface area contributed by atoms with Crippen molar-refractivity contribution in [1.82, 2.24) is 0 Å². The van der Waals surface area contributed by atoms with Crippen molar-refractivity contribution in [3.05, 3.63) is 94.1 Å². The molecule has 0 aliphatic heterocycles. The van der Waals surface area contributed by atoms with Gasteiger partial charge in [0.05, 0.1) is 11.4 Å². The highest BCUT2D eigenvalue weighted by molar-refractivity contribution is 14.1. The maximum Gasteiger partial charge on any atom is 0.412 e. The van der Waals surface area contributed by atoms with Crippen LogP contribution in [0.2, 0.25) is 0 Å². The average Bonchev–Trinajstić information content (AvgIpc) is 2.82. The molecule has 0 aliphatic carbocycles. The maximum atomic E-state index is 12.5. The van der Waals surface area contributed by atoms with Crippen LogP contribution in [0.1, 0.15) is 30.9 Å². The van der Waals surface area contributed by atoms with Gasteiger partial charge in [-0.05, 0) is 90.4 Å². The van der Waals surface area contributed by atoms with Gasteiger partial charge in [-0.25, -0.2) is 4.79 Å². The zero-order valence-electron chi connectivity index (χ0n) is 18.4. The number of benzene rings is 3. The zero-order chi connectivity index (χ0) is 24.3. The van der Waals surface area contributed by atoms with Crippen LogP contribution in [0.5, 0.6) is 5.75 Å². The normalized spacial score (nSPS) is 11.7. The van der Waals surface area contributed by atoms with Crippen LogP contribution in [0.3, 0.4) is 0 Å². The van der Waals surface area contributed by atoms with Crippen LogP contribution in [0.25, 0.3) is 0 Å². The topological polar surface area (TPSA) is 114 Å². The SMILES string of the molecule is Nc1ccccc1NC(=O)/C=C/CCC[C@@H](OC(=O)Nc1ccccc1)c1cc(I)ccc1O. The number of nitrogens with two attached hydrogens (primary N) is 1. The van der Waals surface area contributed by atoms with Gasteiger partial charge < -0.3 is 20.9 Å². The van der Waals surface area contributed by atoms with Crippen LogP contribution < -0.4 is 16.4 Å². The zero-order valence-corrected chi connectivity index (χ0v) is 20.6. The van der Waals surface area contributed by atoms with E-state index in [0.717, 1.165) is 3.57 Å². The number of amides is 2. The number of nitrogens with one attached hydrogen (secondary N) is 2. The van der Waals surface area contributed by atoms with Crippen molar-refractivity contribution in [3.8, 4) is 5.75 Å². The predicted molar refractivity (Wildman–Crippen MR) is 143 cm³/mol. The molecule has 0 aromatic heterocycles. The fourth-order valence-corrected chi connectivity index (χ4v) is 3.77. The highest BCUT2D eigenvalue weighted by Crippen LogP contribution is 2.32. The maximum absolute atomic E-state index is 12.5. The second-order valence-electron chi connectivity index (χ2n) is 7.50. The van der Waals surface area contributed by atoms with Crippen molar-refractivity contribution in [2.24, 2.45) is 0 Å². The number of nitrogen functional groups attached to an aromatic ring is 1. The Labute approximate surface area is 212 Å². The summed E-state index contributed by atoms with van der Waals surface area (Å²) in [4.78, 5) is 24.6. The number of hydrogen-bond acceptors (Lipinski definition) is 5. The Balaban J connectivity index is 1.58. The third kappa shape index (κ3) is 7.80. The lowest BCUT2D eigenvalue weighted by atomic mass is 10.0. The van der Waals surface area contributed by atoms with Crippen LogP contribution in [-0.2, 0) is 9.53 Å². The Bertz CT molecular complexity index is 1150. The number of aromatic hydroxyl groups is 1. The Morgan fingerprint density at radius 1 is 1.03 bits per heavy atom. The number of carbonyl (C=O) groups is 2. The molecule has 7 nitrogen and oxygen atoms in total. The highest BCUT2D eigenvalue weighted by atomic mass is 127. The first kappa shape index (κ1) is 25.1. The number of halogens is 1. The third-order valence-corrected chi connectivity index (χ3v) is 5.60. The lowest BCUT2D eigenvalue weighted by Gasteiger charge is -2.20. The van der Waals surface area contributed by atoms with Gasteiger partial charge in [-0.15, -0.1) is 0 Å². The van der Waals surface area contributed by atoms with E-state index in [2.05, 4.69) is 33.2 Å². The Hall–Kier alpha value is -3.53. The third-order valence-electron chi connectivity index (χ3n) is 4.93. The van der Waals surface area contributed by atoms with Crippen molar-refractivity contribution >= 4 is 51.7 Å². The first-order valence-electron chi connectivity index (χ1n) is 10.8. The second-order valence-corrected chi connectivity index (χ2v) is 8.74. The molecule has 0 fully saturated rings. The molecule has 0 saturated heterocycles. The molecule has 2 amide bonds. The fourth-order valence-electron chi connectivity index (χ4n) is 3.26. The summed E-state index contributed by atoms with van der Waals surface area (Å²) in [5.41, 5.74) is 8.05. The van der Waals surface area contributed by atoms with E-state index in [9.17, 15) is 14.7 Å². The summed E-state index contributed by atoms with van der Waals surface area (Å²) in [5.74, 6) is -0.212. The van der Waals surface area contributed by atoms with Gasteiger partial charge >= 0.3 is 6.09 Å². The molecule has 0 radical (unpaired) electrons. The van der Waals surface area contributed by atoms with Gasteiger partial charge in [0.25, 0.3) is 0 Å². The number of phenols is 1. The van der Waals surface area contributed by atoms with Crippen LogP contribution in [0, 0.1) is 3.57 Å². The molecule has 5 N–H and O–H groups in total. The van der Waals surface area contributed by atoms with Crippen molar-refractivity contribution in [3.63, 3.8) is 0 Å². The minimum absolute atomic E-state index is 0.0632. The predicted octanol–water partition coefficient (Wildman–Crippen LogP) is 6.23. The van der Waals surface area contributed by atoms with Gasteiger partial charge in [0.15, 0.2) is 0 Å². The molecule has 3 aromatic carbocycles. The van der Waals surface area contributed by atoms with Gasteiger partial charge in [-0.2, -0.15) is 0 Å². The smallest absolute Gasteiger partial charge is 0.412 e. The van der Waals surface area contributed by atoms with E-state index in [-0.39, 0.29) is 11.7 Å². The standard InChI is InChI=1S/C26H26IN3O4/c27-18-15-16-23(31)20(17-18)24(34-26(33)29-19-9-3-1-4-10-19)13-5-2-6-14-25(32)30-22-12-8-7-11-21(22)28/h1,3-4,6-12,14-17,24,31H,2,5,13,28H2,(H,29,33)(H,30,32)/b14-6+/t24-/m1/s1. The number of allylic oxidation sites excluding steroid dienone is 1. The summed E-state index contributed by atoms with van der Waals surface area (Å²) >= 11 is 2.15. The van der Waals surface area contributed by atoms with Crippen LogP contribution in [-0.4, -0.2) is 17.1 Å². The van der Waals surface area contributed by atoms with E-state index >= 15 is 0 Å². The highest BCUT2D eigenvalue weighted by Gasteiger charge is 2.20. The summed E-state index contributed by atoms with van der Waals surface area (Å²) in [5, 5.41) is 15.8. The fraction of sp³-hybridized carbons (Fsp3) is 0.154. The average molecular weight is 571 g/mol. The van der Waals surface area contributed by atoms with Crippen molar-refractivity contribution < 1.29 is 19.4 Å². The first-order valence-corrected chi connectivity index (χ1v) is 11.8. The van der Waals surface area contributed by atoms with E-state index < -0.39 is 12.2 Å². The molecule has 34 heavy (non-hydrogen) atoms. The Morgan fingerprint density at radius 3 is 2.53 bits per heavy atom. The van der Waals surface area contributed by atoms with Crippen molar-refractivity contribution in [2.45, 2.75) is 25.4 Å². The largest absolute Gasteiger partial charge is 0.508 e. The van der Waals surface area contributed by atoms with Crippen molar-refractivity contribution in [1.29, 1.82) is 0 Å². The number of phenolic OH excluding ortho intramolecular Hbond substituents is 1. The Morgan fingerprint density at radius 2 is 1.76 bits per heavy atom. The van der Waals surface area contributed by atoms with Gasteiger partial charge in [0.1, 0.15) is 11.9 Å². The van der Waals surface area contributed by atoms with Gasteiger partial charge in [0.2, 0.25) is 5.91 Å². The number of carbonyl (C=O) groups excluding carboxylic acids is 2. The Kier molecular flexibility index (Phi) is 9.33. The molecular weight excluding hydrogens is 545 g/mol. The molecule has 0 saturated carbocycles. The molecule has 0 aliphatic rings. The number of rotatable bonds is 9. The lowest BCUT2D eigenvalue weighted by Crippen LogP contribution is -2.18. The van der Waals surface area contributed by atoms with E-state index in [1.54, 1.807) is 60.7 Å². The second kappa shape index (κ2) is 12.6. The molecule has 1 atom stereocenters. The molecule has 3 rings (SSSR count). The summed E-state index contributed by atoms with van der Waals surface area (Å²) in [6, 6.07) is 21.2. The molecule has 8 heteroatoms. The molecule has 176 valence electrons. The summed E-state index contributed by atoms with van der Waals surface area (Å²) < 4.78 is 6.58. The van der Waals surface area contributed by atoms with Gasteiger partial charge in [-0.3, -0.25) is 10.1 Å². The lowest BCUT2D eigenvalue weighted by molar-refractivity contribution is -0.111. The number of hydrogen-bond donors (Lipinski definition) is 4. The van der Waals surface area contributed by atoms with Crippen LogP contribution >= 0.6 is 22.6 Å². The molecule has 0 heterocycles. The van der Waals surface area contributed by atoms with Gasteiger partial charge in [0, 0.05) is 14.8 Å².